The highest BCUT2D eigenvalue weighted by atomic mass is 35.5. The number of nitrogens with zero attached hydrogens (tertiary/aromatic N) is 2. The number of rotatable bonds is 5. The molecule has 7 heteroatoms. The fourth-order valence-electron chi connectivity index (χ4n) is 1.51. The van der Waals surface area contributed by atoms with E-state index < -0.39 is 0 Å². The lowest BCUT2D eigenvalue weighted by molar-refractivity contribution is -0.129. The van der Waals surface area contributed by atoms with Gasteiger partial charge in [0, 0.05) is 17.3 Å². The third-order valence-corrected chi connectivity index (χ3v) is 4.87. The summed E-state index contributed by atoms with van der Waals surface area (Å²) in [6, 6.07) is 3.78. The maximum absolute atomic E-state index is 12.1. The molecule has 0 aliphatic rings. The molecule has 19 heavy (non-hydrogen) atoms. The van der Waals surface area contributed by atoms with Crippen LogP contribution in [-0.4, -0.2) is 22.8 Å². The molecule has 0 atom stereocenters. The first-order chi connectivity index (χ1) is 9.08. The summed E-state index contributed by atoms with van der Waals surface area (Å²) < 4.78 is 0.738. The molecular weight excluding hydrogens is 323 g/mol. The van der Waals surface area contributed by atoms with Crippen LogP contribution in [0, 0.1) is 0 Å². The smallest absolute Gasteiger partial charge is 0.229 e. The number of alkyl halides is 1. The van der Waals surface area contributed by atoms with Crippen molar-refractivity contribution in [3.8, 4) is 0 Å². The van der Waals surface area contributed by atoms with Gasteiger partial charge in [-0.05, 0) is 12.1 Å². The molecule has 102 valence electrons. The summed E-state index contributed by atoms with van der Waals surface area (Å²) in [5, 5.41) is 2.69. The molecule has 0 saturated heterocycles. The van der Waals surface area contributed by atoms with Crippen LogP contribution in [0.1, 0.15) is 15.6 Å². The number of hydrogen-bond acceptors (Lipinski definition) is 4. The second kappa shape index (κ2) is 6.70. The molecule has 0 fully saturated rings. The normalized spacial score (nSPS) is 10.7. The van der Waals surface area contributed by atoms with E-state index in [0.29, 0.717) is 18.8 Å². The van der Waals surface area contributed by atoms with Crippen LogP contribution in [0.2, 0.25) is 4.34 Å². The molecule has 1 amide bonds. The van der Waals surface area contributed by atoms with Gasteiger partial charge in [0.25, 0.3) is 0 Å². The Kier molecular flexibility index (Phi) is 5.21. The number of aromatic nitrogens is 1. The number of hydrogen-bond donors (Lipinski definition) is 0. The van der Waals surface area contributed by atoms with Gasteiger partial charge in [-0.1, -0.05) is 11.6 Å². The molecule has 0 unspecified atom stereocenters. The van der Waals surface area contributed by atoms with Crippen LogP contribution >= 0.6 is 45.9 Å². The van der Waals surface area contributed by atoms with Crippen molar-refractivity contribution in [3.05, 3.63) is 37.4 Å². The van der Waals surface area contributed by atoms with E-state index >= 15 is 0 Å². The zero-order valence-electron chi connectivity index (χ0n) is 10.2. The minimum absolute atomic E-state index is 0.0417. The zero-order valence-corrected chi connectivity index (χ0v) is 13.4. The predicted molar refractivity (Wildman–Crippen MR) is 81.2 cm³/mol. The Morgan fingerprint density at radius 1 is 1.47 bits per heavy atom. The lowest BCUT2D eigenvalue weighted by Gasteiger charge is -2.15. The van der Waals surface area contributed by atoms with Crippen molar-refractivity contribution in [1.29, 1.82) is 0 Å². The van der Waals surface area contributed by atoms with Crippen molar-refractivity contribution in [2.24, 2.45) is 0 Å². The van der Waals surface area contributed by atoms with Crippen LogP contribution in [0.3, 0.4) is 0 Å². The average Bonchev–Trinajstić information content (AvgIpc) is 2.98. The molecule has 0 bridgehead atoms. The number of carbonyl (C=O) groups is 1. The van der Waals surface area contributed by atoms with Gasteiger partial charge in [-0.2, -0.15) is 0 Å². The van der Waals surface area contributed by atoms with Crippen molar-refractivity contribution >= 4 is 51.8 Å². The first-order valence-corrected chi connectivity index (χ1v) is 8.16. The van der Waals surface area contributed by atoms with Gasteiger partial charge < -0.3 is 4.90 Å². The van der Waals surface area contributed by atoms with Crippen molar-refractivity contribution in [2.45, 2.75) is 18.8 Å². The molecule has 0 aliphatic heterocycles. The Hall–Kier alpha value is -0.620. The Morgan fingerprint density at radius 3 is 2.84 bits per heavy atom. The Bertz CT molecular complexity index is 568. The molecule has 2 aromatic heterocycles. The second-order valence-electron chi connectivity index (χ2n) is 4.00. The van der Waals surface area contributed by atoms with E-state index in [1.807, 2.05) is 17.5 Å². The Morgan fingerprint density at radius 2 is 2.26 bits per heavy atom. The van der Waals surface area contributed by atoms with E-state index in [1.165, 1.54) is 22.7 Å². The van der Waals surface area contributed by atoms with Gasteiger partial charge in [0.05, 0.1) is 28.9 Å². The fraction of sp³-hybridized carbons (Fsp3) is 0.333. The maximum Gasteiger partial charge on any atom is 0.229 e. The molecule has 0 aliphatic carbocycles. The fourth-order valence-corrected chi connectivity index (χ4v) is 3.67. The van der Waals surface area contributed by atoms with Gasteiger partial charge >= 0.3 is 0 Å². The summed E-state index contributed by atoms with van der Waals surface area (Å²) in [6.45, 7) is 0.573. The van der Waals surface area contributed by atoms with Crippen molar-refractivity contribution in [1.82, 2.24) is 9.88 Å². The van der Waals surface area contributed by atoms with Crippen LogP contribution in [0.5, 0.6) is 0 Å². The highest BCUT2D eigenvalue weighted by Crippen LogP contribution is 2.22. The van der Waals surface area contributed by atoms with Gasteiger partial charge in [-0.25, -0.2) is 4.98 Å². The molecule has 3 nitrogen and oxygen atoms in total. The van der Waals surface area contributed by atoms with Gasteiger partial charge in [0.15, 0.2) is 0 Å². The molecule has 2 aromatic rings. The lowest BCUT2D eigenvalue weighted by atomic mass is 10.3. The molecule has 0 spiro atoms. The molecule has 2 rings (SSSR count). The lowest BCUT2D eigenvalue weighted by Crippen LogP contribution is -2.27. The first-order valence-electron chi connectivity index (χ1n) is 5.56. The third kappa shape index (κ3) is 4.18. The largest absolute Gasteiger partial charge is 0.340 e. The van der Waals surface area contributed by atoms with Gasteiger partial charge in [0.2, 0.25) is 5.91 Å². The van der Waals surface area contributed by atoms with Crippen LogP contribution in [-0.2, 0) is 23.6 Å². The third-order valence-electron chi connectivity index (χ3n) is 2.49. The SMILES string of the molecule is CN(Cc1ccc(Cl)s1)C(=O)Cc1nc(CCl)cs1. The van der Waals surface area contributed by atoms with E-state index in [-0.39, 0.29) is 5.91 Å². The van der Waals surface area contributed by atoms with Gasteiger partial charge in [0.1, 0.15) is 5.01 Å². The number of likely N-dealkylation sites (N-methyl/N-ethyl adjacent to an activating group) is 1. The summed E-state index contributed by atoms with van der Waals surface area (Å²) in [7, 11) is 1.78. The molecule has 2 heterocycles. The summed E-state index contributed by atoms with van der Waals surface area (Å²) in [6.07, 6.45) is 0.317. The minimum Gasteiger partial charge on any atom is -0.340 e. The quantitative estimate of drug-likeness (QED) is 0.779. The summed E-state index contributed by atoms with van der Waals surface area (Å²) in [5.41, 5.74) is 0.821. The van der Waals surface area contributed by atoms with Gasteiger partial charge in [-0.15, -0.1) is 34.3 Å². The maximum atomic E-state index is 12.1. The van der Waals surface area contributed by atoms with Crippen LogP contribution in [0.4, 0.5) is 0 Å². The zero-order chi connectivity index (χ0) is 13.8. The van der Waals surface area contributed by atoms with Crippen molar-refractivity contribution in [3.63, 3.8) is 0 Å². The molecule has 0 aromatic carbocycles. The van der Waals surface area contributed by atoms with Crippen LogP contribution in [0.15, 0.2) is 17.5 Å². The first kappa shape index (κ1) is 14.8. The average molecular weight is 335 g/mol. The second-order valence-corrected chi connectivity index (χ2v) is 7.01. The monoisotopic (exact) mass is 334 g/mol. The number of carbonyl (C=O) groups excluding carboxylic acids is 1. The minimum atomic E-state index is 0.0417. The number of halogens is 2. The topological polar surface area (TPSA) is 33.2 Å². The molecular formula is C12H12Cl2N2OS2. The van der Waals surface area contributed by atoms with Gasteiger partial charge in [-0.3, -0.25) is 4.79 Å². The van der Waals surface area contributed by atoms with Crippen molar-refractivity contribution < 1.29 is 4.79 Å². The van der Waals surface area contributed by atoms with Crippen LogP contribution in [0.25, 0.3) is 0 Å². The molecule has 0 radical (unpaired) electrons. The molecule has 0 saturated carbocycles. The Labute approximate surface area is 129 Å². The highest BCUT2D eigenvalue weighted by Gasteiger charge is 2.13. The standard InChI is InChI=1S/C12H12Cl2N2OS2/c1-16(6-9-2-3-10(14)19-9)12(17)4-11-15-8(5-13)7-18-11/h2-3,7H,4-6H2,1H3. The summed E-state index contributed by atoms with van der Waals surface area (Å²) in [4.78, 5) is 19.1. The van der Waals surface area contributed by atoms with E-state index in [9.17, 15) is 4.79 Å². The van der Waals surface area contributed by atoms with E-state index in [4.69, 9.17) is 23.2 Å². The Balaban J connectivity index is 1.91. The van der Waals surface area contributed by atoms with Crippen molar-refractivity contribution in [2.75, 3.05) is 7.05 Å². The van der Waals surface area contributed by atoms with Crippen LogP contribution < -0.4 is 0 Å². The van der Waals surface area contributed by atoms with E-state index in [1.54, 1.807) is 11.9 Å². The summed E-state index contributed by atoms with van der Waals surface area (Å²) >= 11 is 14.5. The van der Waals surface area contributed by atoms with E-state index in [2.05, 4.69) is 4.98 Å². The molecule has 0 N–H and O–H groups in total. The predicted octanol–water partition coefficient (Wildman–Crippen LogP) is 3.80. The number of amides is 1. The summed E-state index contributed by atoms with van der Waals surface area (Å²) in [5.74, 6) is 0.425. The number of thiazole rings is 1. The highest BCUT2D eigenvalue weighted by molar-refractivity contribution is 7.16. The van der Waals surface area contributed by atoms with E-state index in [0.717, 1.165) is 19.9 Å². The number of thiophene rings is 1.